The van der Waals surface area contributed by atoms with E-state index in [0.717, 1.165) is 24.3 Å². The summed E-state index contributed by atoms with van der Waals surface area (Å²) in [4.78, 5) is 38.5. The van der Waals surface area contributed by atoms with Crippen LogP contribution in [0, 0.1) is 0 Å². The molecule has 8 nitrogen and oxygen atoms in total. The summed E-state index contributed by atoms with van der Waals surface area (Å²) in [6.45, 7) is 4.33. The van der Waals surface area contributed by atoms with Gasteiger partial charge >= 0.3 is 11.9 Å². The van der Waals surface area contributed by atoms with Gasteiger partial charge in [-0.2, -0.15) is 0 Å². The van der Waals surface area contributed by atoms with Crippen LogP contribution in [0.4, 0.5) is 5.69 Å². The summed E-state index contributed by atoms with van der Waals surface area (Å²) >= 11 is 0. The Labute approximate surface area is 312 Å². The molecule has 0 fully saturated rings. The predicted octanol–water partition coefficient (Wildman–Crippen LogP) is 11.4. The fraction of sp³-hybridized carbons (Fsp3) is 0.523. The highest BCUT2D eigenvalue weighted by Gasteiger charge is 2.19. The van der Waals surface area contributed by atoms with Crippen LogP contribution >= 0.6 is 0 Å². The number of rotatable bonds is 26. The molecule has 0 aliphatic rings. The van der Waals surface area contributed by atoms with E-state index in [0.29, 0.717) is 30.0 Å². The van der Waals surface area contributed by atoms with Crippen molar-refractivity contribution in [2.24, 2.45) is 0 Å². The second kappa shape index (κ2) is 24.8. The smallest absolute Gasteiger partial charge is 0.341 e. The molecule has 3 aromatic carbocycles. The molecule has 0 N–H and O–H groups in total. The number of aryl methyl sites for hydroxylation is 1. The van der Waals surface area contributed by atoms with Crippen LogP contribution in [-0.2, 0) is 20.7 Å². The zero-order valence-corrected chi connectivity index (χ0v) is 32.1. The zero-order valence-electron chi connectivity index (χ0n) is 32.1. The van der Waals surface area contributed by atoms with Crippen molar-refractivity contribution < 1.29 is 33.3 Å². The molecule has 0 aromatic heterocycles. The fourth-order valence-corrected chi connectivity index (χ4v) is 6.11. The van der Waals surface area contributed by atoms with Crippen LogP contribution in [0.2, 0.25) is 0 Å². The van der Waals surface area contributed by atoms with E-state index in [1.807, 2.05) is 24.3 Å². The lowest BCUT2D eigenvalue weighted by atomic mass is 10.0. The van der Waals surface area contributed by atoms with Crippen LogP contribution in [-0.4, -0.2) is 38.6 Å². The van der Waals surface area contributed by atoms with E-state index in [4.69, 9.17) is 18.9 Å². The van der Waals surface area contributed by atoms with Gasteiger partial charge in [0.05, 0.1) is 13.7 Å². The van der Waals surface area contributed by atoms with Gasteiger partial charge in [-0.3, -0.25) is 9.59 Å². The lowest BCUT2D eigenvalue weighted by Gasteiger charge is -2.19. The topological polar surface area (TPSA) is 91.4 Å². The van der Waals surface area contributed by atoms with Crippen LogP contribution < -0.4 is 19.1 Å². The summed E-state index contributed by atoms with van der Waals surface area (Å²) in [5, 5.41) is 0. The summed E-state index contributed by atoms with van der Waals surface area (Å²) in [6.07, 6.45) is 22.5. The van der Waals surface area contributed by atoms with Crippen molar-refractivity contribution in [2.75, 3.05) is 25.7 Å². The van der Waals surface area contributed by atoms with E-state index >= 15 is 0 Å². The SMILES string of the molecule is CCCCCCCCCCCCCCCCCCOc1ccc(CCC(=O)N(C)c2ccc(Oc3ccc(OC(C)=O)cc3)c(C(=O)OC)c2)cc1. The van der Waals surface area contributed by atoms with E-state index in [-0.39, 0.29) is 17.2 Å². The molecule has 8 heteroatoms. The molecule has 0 unspecified atom stereocenters. The maximum atomic E-state index is 13.1. The zero-order chi connectivity index (χ0) is 37.4. The molecule has 0 radical (unpaired) electrons. The Balaban J connectivity index is 1.31. The van der Waals surface area contributed by atoms with Gasteiger partial charge in [0.1, 0.15) is 28.6 Å². The summed E-state index contributed by atoms with van der Waals surface area (Å²) < 4.78 is 21.9. The first-order valence-electron chi connectivity index (χ1n) is 19.5. The van der Waals surface area contributed by atoms with Crippen LogP contribution in [0.3, 0.4) is 0 Å². The van der Waals surface area contributed by atoms with Crippen molar-refractivity contribution in [3.05, 3.63) is 77.9 Å². The van der Waals surface area contributed by atoms with Gasteiger partial charge in [-0.15, -0.1) is 0 Å². The number of esters is 2. The van der Waals surface area contributed by atoms with Crippen molar-refractivity contribution in [1.29, 1.82) is 0 Å². The van der Waals surface area contributed by atoms with Gasteiger partial charge in [-0.1, -0.05) is 115 Å². The first-order valence-corrected chi connectivity index (χ1v) is 19.5. The van der Waals surface area contributed by atoms with Crippen LogP contribution in [0.1, 0.15) is 139 Å². The molecule has 0 saturated carbocycles. The normalized spacial score (nSPS) is 10.8. The molecule has 0 saturated heterocycles. The molecule has 3 rings (SSSR count). The van der Waals surface area contributed by atoms with Crippen molar-refractivity contribution in [2.45, 2.75) is 129 Å². The highest BCUT2D eigenvalue weighted by molar-refractivity contribution is 5.97. The molecule has 0 aliphatic carbocycles. The number of methoxy groups -OCH3 is 1. The highest BCUT2D eigenvalue weighted by atomic mass is 16.5. The molecular weight excluding hydrogens is 654 g/mol. The van der Waals surface area contributed by atoms with Crippen LogP contribution in [0.25, 0.3) is 0 Å². The molecule has 0 aliphatic heterocycles. The number of carbonyl (C=O) groups is 3. The molecule has 0 spiro atoms. The molecule has 284 valence electrons. The van der Waals surface area contributed by atoms with Gasteiger partial charge in [-0.25, -0.2) is 4.79 Å². The Morgan fingerprint density at radius 3 is 1.69 bits per heavy atom. The second-order valence-corrected chi connectivity index (χ2v) is 13.6. The first-order chi connectivity index (χ1) is 25.3. The van der Waals surface area contributed by atoms with Crippen molar-refractivity contribution >= 4 is 23.5 Å². The molecular formula is C44H61NO7. The minimum atomic E-state index is -0.591. The van der Waals surface area contributed by atoms with Crippen molar-refractivity contribution in [3.63, 3.8) is 0 Å². The minimum absolute atomic E-state index is 0.0885. The molecule has 0 heterocycles. The Morgan fingerprint density at radius 2 is 1.15 bits per heavy atom. The fourth-order valence-electron chi connectivity index (χ4n) is 6.11. The summed E-state index contributed by atoms with van der Waals surface area (Å²) in [5.41, 5.74) is 1.77. The Bertz CT molecular complexity index is 1470. The number of hydrogen-bond donors (Lipinski definition) is 0. The number of ether oxygens (including phenoxy) is 4. The number of benzene rings is 3. The lowest BCUT2D eigenvalue weighted by molar-refractivity contribution is -0.131. The van der Waals surface area contributed by atoms with E-state index in [1.165, 1.54) is 115 Å². The maximum Gasteiger partial charge on any atom is 0.341 e. The van der Waals surface area contributed by atoms with E-state index in [1.54, 1.807) is 49.5 Å². The average Bonchev–Trinajstić information content (AvgIpc) is 3.15. The Hall–Kier alpha value is -4.33. The third-order valence-electron chi connectivity index (χ3n) is 9.26. The monoisotopic (exact) mass is 715 g/mol. The van der Waals surface area contributed by atoms with E-state index in [2.05, 4.69) is 6.92 Å². The van der Waals surface area contributed by atoms with Crippen molar-refractivity contribution in [1.82, 2.24) is 0 Å². The van der Waals surface area contributed by atoms with Crippen molar-refractivity contribution in [3.8, 4) is 23.0 Å². The number of anilines is 1. The molecule has 52 heavy (non-hydrogen) atoms. The standard InChI is InChI=1S/C44H61NO7/c1-5-6-7-8-9-10-11-12-13-14-15-16-17-18-19-20-33-50-38-25-21-36(22-26-38)23-32-43(47)45(3)37-24-31-42(41(34-37)44(48)49-4)52-40-29-27-39(28-30-40)51-35(2)46/h21-22,24-31,34H,5-20,23,32-33H2,1-4H3. The second-order valence-electron chi connectivity index (χ2n) is 13.6. The van der Waals surface area contributed by atoms with Gasteiger partial charge in [0, 0.05) is 26.1 Å². The highest BCUT2D eigenvalue weighted by Crippen LogP contribution is 2.31. The van der Waals surface area contributed by atoms with Gasteiger partial charge in [0.25, 0.3) is 0 Å². The quantitative estimate of drug-likeness (QED) is 0.0464. The van der Waals surface area contributed by atoms with Gasteiger partial charge < -0.3 is 23.8 Å². The number of nitrogens with zero attached hydrogens (tertiary/aromatic N) is 1. The van der Waals surface area contributed by atoms with Crippen LogP contribution in [0.5, 0.6) is 23.0 Å². The largest absolute Gasteiger partial charge is 0.494 e. The van der Waals surface area contributed by atoms with E-state index in [9.17, 15) is 14.4 Å². The van der Waals surface area contributed by atoms with Crippen LogP contribution in [0.15, 0.2) is 66.7 Å². The molecule has 0 bridgehead atoms. The maximum absolute atomic E-state index is 13.1. The van der Waals surface area contributed by atoms with Gasteiger partial charge in [-0.05, 0) is 73.0 Å². The van der Waals surface area contributed by atoms with E-state index < -0.39 is 11.9 Å². The number of hydrogen-bond acceptors (Lipinski definition) is 7. The third kappa shape index (κ3) is 16.3. The summed E-state index contributed by atoms with van der Waals surface area (Å²) in [7, 11) is 2.97. The summed E-state index contributed by atoms with van der Waals surface area (Å²) in [6, 6.07) is 19.3. The molecule has 0 atom stereocenters. The van der Waals surface area contributed by atoms with Gasteiger partial charge in [0.15, 0.2) is 0 Å². The van der Waals surface area contributed by atoms with Gasteiger partial charge in [0.2, 0.25) is 5.91 Å². The molecule has 1 amide bonds. The minimum Gasteiger partial charge on any atom is -0.494 e. The number of amides is 1. The molecule has 3 aromatic rings. The number of unbranched alkanes of at least 4 members (excludes halogenated alkanes) is 15. The average molecular weight is 716 g/mol. The summed E-state index contributed by atoms with van der Waals surface area (Å²) in [5.74, 6) is 0.846. The first kappa shape index (κ1) is 42.1. The third-order valence-corrected chi connectivity index (χ3v) is 9.26. The lowest BCUT2D eigenvalue weighted by Crippen LogP contribution is -2.26. The Kier molecular flexibility index (Phi) is 20.1. The number of carbonyl (C=O) groups excluding carboxylic acids is 3. The Morgan fingerprint density at radius 1 is 0.635 bits per heavy atom. The predicted molar refractivity (Wildman–Crippen MR) is 209 cm³/mol.